The van der Waals surface area contributed by atoms with Crippen molar-refractivity contribution in [2.75, 3.05) is 68.0 Å². The van der Waals surface area contributed by atoms with E-state index < -0.39 is 46.3 Å². The molecule has 0 saturated carbocycles. The number of nitrogens with zero attached hydrogens (tertiary/aromatic N) is 7. The fourth-order valence-corrected chi connectivity index (χ4v) is 5.69. The van der Waals surface area contributed by atoms with E-state index in [0.717, 1.165) is 10.8 Å². The molecular formula is C33H40F4N8O4. The number of hydrogen-bond acceptors (Lipinski definition) is 9. The highest BCUT2D eigenvalue weighted by atomic mass is 19.4. The number of ether oxygens (including phenoxy) is 1. The Morgan fingerprint density at radius 1 is 0.939 bits per heavy atom. The van der Waals surface area contributed by atoms with Gasteiger partial charge in [-0.3, -0.25) is 9.59 Å². The van der Waals surface area contributed by atoms with E-state index in [9.17, 15) is 27.6 Å². The van der Waals surface area contributed by atoms with Gasteiger partial charge in [0, 0.05) is 94.7 Å². The van der Waals surface area contributed by atoms with Crippen LogP contribution in [0, 0.1) is 5.82 Å². The quantitative estimate of drug-likeness (QED) is 0.389. The molecule has 49 heavy (non-hydrogen) atoms. The molecule has 4 heterocycles. The molecule has 2 amide bonds. The Kier molecular flexibility index (Phi) is 9.91. The van der Waals surface area contributed by atoms with E-state index in [1.165, 1.54) is 31.6 Å². The number of pyridine rings is 1. The maximum absolute atomic E-state index is 15.9. The lowest BCUT2D eigenvalue weighted by Crippen LogP contribution is -2.50. The number of alkyl halides is 3. The Balaban J connectivity index is 1.44. The number of aryl methyl sites for hydroxylation is 1. The number of nitrogens with one attached hydrogen (secondary N) is 1. The topological polar surface area (TPSA) is 116 Å². The Morgan fingerprint density at radius 2 is 1.57 bits per heavy atom. The fourth-order valence-electron chi connectivity index (χ4n) is 5.69. The number of carbonyl (C=O) groups excluding carboxylic acids is 2. The first-order valence-electron chi connectivity index (χ1n) is 15.8. The summed E-state index contributed by atoms with van der Waals surface area (Å²) in [6.45, 7) is 10.7. The molecule has 2 aromatic heterocycles. The first-order valence-corrected chi connectivity index (χ1v) is 15.8. The van der Waals surface area contributed by atoms with Crippen molar-refractivity contribution in [2.45, 2.75) is 45.5 Å². The molecule has 2 aliphatic rings. The third-order valence-electron chi connectivity index (χ3n) is 8.58. The standard InChI is InChI=1S/C33H40F4N8O4/c1-20-18-45(8-7-41(20)5)27-15-25(34)22(13-26(27)40-29(47)23-19-42(6)28(46)14-24(23)33(35,36)37)21-16-38-30(39-17-21)43-9-11-44(12-10-43)31(48)49-32(2,3)4/h13-17,19-20H,7-12,18H2,1-6H3,(H,40,47)/t20-/m0/s1. The normalized spacial score (nSPS) is 17.7. The average molecular weight is 689 g/mol. The van der Waals surface area contributed by atoms with Gasteiger partial charge in [-0.25, -0.2) is 19.2 Å². The number of hydrogen-bond donors (Lipinski definition) is 1. The third kappa shape index (κ3) is 8.12. The van der Waals surface area contributed by atoms with Crippen molar-refractivity contribution in [3.63, 3.8) is 0 Å². The zero-order valence-corrected chi connectivity index (χ0v) is 28.3. The molecule has 2 fully saturated rings. The molecule has 12 nitrogen and oxygen atoms in total. The number of amides is 2. The molecule has 0 radical (unpaired) electrons. The van der Waals surface area contributed by atoms with E-state index in [1.807, 2.05) is 23.8 Å². The molecule has 2 saturated heterocycles. The lowest BCUT2D eigenvalue weighted by molar-refractivity contribution is -0.138. The molecule has 2 aliphatic heterocycles. The summed E-state index contributed by atoms with van der Waals surface area (Å²) in [4.78, 5) is 54.3. The van der Waals surface area contributed by atoms with Crippen LogP contribution in [-0.2, 0) is 18.0 Å². The van der Waals surface area contributed by atoms with Crippen molar-refractivity contribution in [3.05, 3.63) is 64.1 Å². The van der Waals surface area contributed by atoms with Gasteiger partial charge in [-0.2, -0.15) is 13.2 Å². The minimum Gasteiger partial charge on any atom is -0.444 e. The lowest BCUT2D eigenvalue weighted by atomic mass is 10.0. The van der Waals surface area contributed by atoms with Gasteiger partial charge < -0.3 is 34.2 Å². The van der Waals surface area contributed by atoms with Gasteiger partial charge in [-0.05, 0) is 46.9 Å². The largest absolute Gasteiger partial charge is 0.444 e. The van der Waals surface area contributed by atoms with Gasteiger partial charge in [-0.15, -0.1) is 0 Å². The summed E-state index contributed by atoms with van der Waals surface area (Å²) < 4.78 is 63.9. The smallest absolute Gasteiger partial charge is 0.417 e. The van der Waals surface area contributed by atoms with Crippen molar-refractivity contribution < 1.29 is 31.9 Å². The van der Waals surface area contributed by atoms with Crippen LogP contribution in [0.1, 0.15) is 43.6 Å². The van der Waals surface area contributed by atoms with Crippen LogP contribution in [0.25, 0.3) is 11.1 Å². The summed E-state index contributed by atoms with van der Waals surface area (Å²) in [5.74, 6) is -1.38. The molecular weight excluding hydrogens is 648 g/mol. The van der Waals surface area contributed by atoms with E-state index in [2.05, 4.69) is 20.2 Å². The molecule has 0 bridgehead atoms. The molecule has 16 heteroatoms. The van der Waals surface area contributed by atoms with Crippen LogP contribution in [0.2, 0.25) is 0 Å². The van der Waals surface area contributed by atoms with Gasteiger partial charge in [0.05, 0.1) is 22.5 Å². The Bertz CT molecular complexity index is 1770. The van der Waals surface area contributed by atoms with E-state index >= 15 is 4.39 Å². The summed E-state index contributed by atoms with van der Waals surface area (Å²) in [5.41, 5.74) is -2.97. The number of rotatable bonds is 5. The van der Waals surface area contributed by atoms with Crippen LogP contribution in [0.5, 0.6) is 0 Å². The van der Waals surface area contributed by atoms with Gasteiger partial charge in [0.15, 0.2) is 0 Å². The fraction of sp³-hybridized carbons (Fsp3) is 0.485. The minimum atomic E-state index is -4.97. The molecule has 3 aromatic rings. The van der Waals surface area contributed by atoms with Crippen molar-refractivity contribution in [2.24, 2.45) is 7.05 Å². The molecule has 0 aliphatic carbocycles. The highest BCUT2D eigenvalue weighted by Crippen LogP contribution is 2.37. The number of carbonyl (C=O) groups is 2. The number of likely N-dealkylation sites (N-methyl/N-ethyl adjacent to an activating group) is 1. The highest BCUT2D eigenvalue weighted by Gasteiger charge is 2.37. The number of benzene rings is 1. The second-order valence-electron chi connectivity index (χ2n) is 13.4. The molecule has 1 aromatic carbocycles. The van der Waals surface area contributed by atoms with Gasteiger partial charge in [0.2, 0.25) is 5.95 Å². The summed E-state index contributed by atoms with van der Waals surface area (Å²) >= 11 is 0. The van der Waals surface area contributed by atoms with Crippen LogP contribution >= 0.6 is 0 Å². The second-order valence-corrected chi connectivity index (χ2v) is 13.4. The minimum absolute atomic E-state index is 0.0269. The SMILES string of the molecule is C[C@H]1CN(c2cc(F)c(-c3cnc(N4CCN(C(=O)OC(C)(C)C)CC4)nc3)cc2NC(=O)c2cn(C)c(=O)cc2C(F)(F)F)CCN1C. The maximum Gasteiger partial charge on any atom is 0.417 e. The summed E-state index contributed by atoms with van der Waals surface area (Å²) in [7, 11) is 3.20. The first kappa shape index (κ1) is 35.6. The molecule has 0 unspecified atom stereocenters. The van der Waals surface area contributed by atoms with E-state index in [4.69, 9.17) is 4.74 Å². The summed E-state index contributed by atoms with van der Waals surface area (Å²) in [5, 5.41) is 2.57. The van der Waals surface area contributed by atoms with Crippen LogP contribution in [0.4, 0.5) is 39.7 Å². The van der Waals surface area contributed by atoms with Crippen molar-refractivity contribution in [3.8, 4) is 11.1 Å². The first-order chi connectivity index (χ1) is 22.9. The predicted octanol–water partition coefficient (Wildman–Crippen LogP) is 4.45. The van der Waals surface area contributed by atoms with E-state index in [-0.39, 0.29) is 22.9 Å². The van der Waals surface area contributed by atoms with Crippen molar-refractivity contribution >= 4 is 29.3 Å². The van der Waals surface area contributed by atoms with Gasteiger partial charge in [0.25, 0.3) is 11.5 Å². The summed E-state index contributed by atoms with van der Waals surface area (Å²) in [6.07, 6.45) is -1.67. The Hall–Kier alpha value is -4.73. The number of piperazine rings is 2. The predicted molar refractivity (Wildman–Crippen MR) is 176 cm³/mol. The molecule has 1 atom stereocenters. The Morgan fingerprint density at radius 3 is 2.16 bits per heavy atom. The lowest BCUT2D eigenvalue weighted by Gasteiger charge is -2.39. The molecule has 5 rings (SSSR count). The van der Waals surface area contributed by atoms with Crippen molar-refractivity contribution in [1.82, 2.24) is 24.3 Å². The second kappa shape index (κ2) is 13.6. The van der Waals surface area contributed by atoms with Gasteiger partial charge in [0.1, 0.15) is 11.4 Å². The number of aromatic nitrogens is 3. The average Bonchev–Trinajstić information content (AvgIpc) is 3.03. The Labute approximate surface area is 281 Å². The number of halogens is 4. The highest BCUT2D eigenvalue weighted by molar-refractivity contribution is 6.07. The monoisotopic (exact) mass is 688 g/mol. The van der Waals surface area contributed by atoms with Gasteiger partial charge >= 0.3 is 12.3 Å². The summed E-state index contributed by atoms with van der Waals surface area (Å²) in [6, 6.07) is 3.06. The molecule has 264 valence electrons. The van der Waals surface area contributed by atoms with Crippen LogP contribution in [-0.4, -0.2) is 101 Å². The molecule has 1 N–H and O–H groups in total. The van der Waals surface area contributed by atoms with Crippen LogP contribution in [0.15, 0.2) is 41.6 Å². The van der Waals surface area contributed by atoms with E-state index in [0.29, 0.717) is 63.5 Å². The third-order valence-corrected chi connectivity index (χ3v) is 8.58. The van der Waals surface area contributed by atoms with Crippen molar-refractivity contribution in [1.29, 1.82) is 0 Å². The zero-order valence-electron chi connectivity index (χ0n) is 28.3. The maximum atomic E-state index is 15.9. The molecule has 0 spiro atoms. The van der Waals surface area contributed by atoms with E-state index in [1.54, 1.807) is 25.7 Å². The van der Waals surface area contributed by atoms with Gasteiger partial charge in [-0.1, -0.05) is 0 Å². The number of anilines is 3. The van der Waals surface area contributed by atoms with Crippen LogP contribution in [0.3, 0.4) is 0 Å². The zero-order chi connectivity index (χ0) is 35.8. The van der Waals surface area contributed by atoms with Crippen LogP contribution < -0.4 is 20.7 Å².